The molecule has 0 spiro atoms. The molecule has 1 atom stereocenters. The first-order valence-corrected chi connectivity index (χ1v) is 5.50. The zero-order valence-corrected chi connectivity index (χ0v) is 9.53. The van der Waals surface area contributed by atoms with Crippen LogP contribution in [0.15, 0.2) is 18.2 Å². The van der Waals surface area contributed by atoms with Crippen molar-refractivity contribution in [2.75, 3.05) is 13.2 Å². The molecule has 4 heteroatoms. The second-order valence-electron chi connectivity index (χ2n) is 4.17. The number of carbonyl (C=O) groups excluding carboxylic acids is 2. The number of carbonyl (C=O) groups is 2. The Morgan fingerprint density at radius 3 is 2.88 bits per heavy atom. The fourth-order valence-corrected chi connectivity index (χ4v) is 1.95. The van der Waals surface area contributed by atoms with E-state index in [-0.39, 0.29) is 30.4 Å². The summed E-state index contributed by atoms with van der Waals surface area (Å²) in [5.74, 6) is -1.48. The molecule has 0 N–H and O–H groups in total. The van der Waals surface area contributed by atoms with Gasteiger partial charge in [-0.2, -0.15) is 0 Å². The van der Waals surface area contributed by atoms with Gasteiger partial charge in [0.15, 0.2) is 5.78 Å². The van der Waals surface area contributed by atoms with Crippen LogP contribution in [0.25, 0.3) is 0 Å². The van der Waals surface area contributed by atoms with E-state index in [1.165, 1.54) is 18.2 Å². The molecule has 0 amide bonds. The van der Waals surface area contributed by atoms with Crippen molar-refractivity contribution in [3.05, 3.63) is 35.1 Å². The topological polar surface area (TPSA) is 43.4 Å². The van der Waals surface area contributed by atoms with Crippen molar-refractivity contribution < 1.29 is 18.7 Å². The van der Waals surface area contributed by atoms with E-state index in [1.54, 1.807) is 6.92 Å². The van der Waals surface area contributed by atoms with Crippen LogP contribution in [-0.2, 0) is 9.53 Å². The lowest BCUT2D eigenvalue weighted by molar-refractivity contribution is -0.128. The molecule has 1 aromatic carbocycles. The number of hydrogen-bond acceptors (Lipinski definition) is 3. The molecule has 0 radical (unpaired) electrons. The lowest BCUT2D eigenvalue weighted by Gasteiger charge is -2.20. The normalized spacial score (nSPS) is 20.4. The lowest BCUT2D eigenvalue weighted by atomic mass is 9.89. The molecule has 1 aliphatic heterocycles. The average molecular weight is 236 g/mol. The van der Waals surface area contributed by atoms with E-state index in [2.05, 4.69) is 0 Å². The summed E-state index contributed by atoms with van der Waals surface area (Å²) in [4.78, 5) is 23.7. The van der Waals surface area contributed by atoms with E-state index >= 15 is 0 Å². The molecule has 1 fully saturated rings. The molecule has 0 bridgehead atoms. The maximum absolute atomic E-state index is 12.9. The van der Waals surface area contributed by atoms with Crippen molar-refractivity contribution in [2.45, 2.75) is 13.3 Å². The van der Waals surface area contributed by atoms with E-state index in [4.69, 9.17) is 4.74 Å². The van der Waals surface area contributed by atoms with Gasteiger partial charge in [-0.05, 0) is 30.7 Å². The molecule has 90 valence electrons. The van der Waals surface area contributed by atoms with Crippen LogP contribution < -0.4 is 0 Å². The van der Waals surface area contributed by atoms with Crippen LogP contribution >= 0.6 is 0 Å². The SMILES string of the molecule is Cc1cc(F)ccc1C(=O)C1COCCC1=O. The van der Waals surface area contributed by atoms with Crippen molar-refractivity contribution in [1.29, 1.82) is 0 Å². The van der Waals surface area contributed by atoms with Gasteiger partial charge in [-0.25, -0.2) is 4.39 Å². The second kappa shape index (κ2) is 4.75. The van der Waals surface area contributed by atoms with Gasteiger partial charge >= 0.3 is 0 Å². The van der Waals surface area contributed by atoms with Gasteiger partial charge in [-0.1, -0.05) is 0 Å². The third-order valence-corrected chi connectivity index (χ3v) is 2.94. The van der Waals surface area contributed by atoms with Gasteiger partial charge in [-0.15, -0.1) is 0 Å². The fourth-order valence-electron chi connectivity index (χ4n) is 1.95. The van der Waals surface area contributed by atoms with Crippen molar-refractivity contribution in [1.82, 2.24) is 0 Å². The molecule has 1 heterocycles. The van der Waals surface area contributed by atoms with Crippen molar-refractivity contribution in [2.24, 2.45) is 5.92 Å². The first-order valence-electron chi connectivity index (χ1n) is 5.50. The first kappa shape index (κ1) is 11.9. The minimum atomic E-state index is -0.729. The Morgan fingerprint density at radius 1 is 1.47 bits per heavy atom. The van der Waals surface area contributed by atoms with Crippen molar-refractivity contribution in [3.63, 3.8) is 0 Å². The first-order chi connectivity index (χ1) is 8.09. The van der Waals surface area contributed by atoms with Gasteiger partial charge in [-0.3, -0.25) is 9.59 Å². The number of rotatable bonds is 2. The minimum absolute atomic E-state index is 0.0926. The number of benzene rings is 1. The minimum Gasteiger partial charge on any atom is -0.380 e. The summed E-state index contributed by atoms with van der Waals surface area (Å²) in [6.07, 6.45) is 0.274. The Labute approximate surface area is 98.6 Å². The maximum Gasteiger partial charge on any atom is 0.175 e. The molecule has 0 aliphatic carbocycles. The number of Topliss-reactive ketones (excluding diaryl/α,β-unsaturated/α-hetero) is 2. The molecular weight excluding hydrogens is 223 g/mol. The Bertz CT molecular complexity index is 468. The van der Waals surface area contributed by atoms with Crippen LogP contribution in [0.1, 0.15) is 22.3 Å². The number of halogens is 1. The Kier molecular flexibility index (Phi) is 3.33. The molecule has 0 saturated carbocycles. The Balaban J connectivity index is 2.27. The predicted molar refractivity (Wildman–Crippen MR) is 59.4 cm³/mol. The van der Waals surface area contributed by atoms with E-state index in [9.17, 15) is 14.0 Å². The van der Waals surface area contributed by atoms with Crippen LogP contribution in [0, 0.1) is 18.7 Å². The maximum atomic E-state index is 12.9. The summed E-state index contributed by atoms with van der Waals surface area (Å²) >= 11 is 0. The van der Waals surface area contributed by atoms with Gasteiger partial charge in [0, 0.05) is 12.0 Å². The smallest absolute Gasteiger partial charge is 0.175 e. The number of hydrogen-bond donors (Lipinski definition) is 0. The summed E-state index contributed by atoms with van der Waals surface area (Å²) in [6, 6.07) is 3.95. The standard InChI is InChI=1S/C13H13FO3/c1-8-6-9(14)2-3-10(8)13(16)11-7-17-5-4-12(11)15/h2-3,6,11H,4-5,7H2,1H3. The highest BCUT2D eigenvalue weighted by Gasteiger charge is 2.31. The highest BCUT2D eigenvalue weighted by atomic mass is 19.1. The van der Waals surface area contributed by atoms with Gasteiger partial charge in [0.2, 0.25) is 0 Å². The van der Waals surface area contributed by atoms with Crippen LogP contribution in [0.3, 0.4) is 0 Å². The predicted octanol–water partition coefficient (Wildman–Crippen LogP) is 1.92. The third-order valence-electron chi connectivity index (χ3n) is 2.94. The second-order valence-corrected chi connectivity index (χ2v) is 4.17. The van der Waals surface area contributed by atoms with E-state index in [0.29, 0.717) is 17.7 Å². The summed E-state index contributed by atoms with van der Waals surface area (Å²) in [5.41, 5.74) is 0.948. The van der Waals surface area contributed by atoms with Gasteiger partial charge in [0.1, 0.15) is 17.5 Å². The summed E-state index contributed by atoms with van der Waals surface area (Å²) in [7, 11) is 0. The fraction of sp³-hybridized carbons (Fsp3) is 0.385. The number of ketones is 2. The molecule has 2 rings (SSSR count). The molecular formula is C13H13FO3. The van der Waals surface area contributed by atoms with Gasteiger partial charge < -0.3 is 4.74 Å². The zero-order chi connectivity index (χ0) is 12.4. The average Bonchev–Trinajstić information content (AvgIpc) is 2.29. The highest BCUT2D eigenvalue weighted by molar-refractivity contribution is 6.11. The molecule has 1 aliphatic rings. The van der Waals surface area contributed by atoms with Gasteiger partial charge in [0.25, 0.3) is 0 Å². The zero-order valence-electron chi connectivity index (χ0n) is 9.53. The summed E-state index contributed by atoms with van der Waals surface area (Å²) in [5, 5.41) is 0. The molecule has 1 aromatic rings. The highest BCUT2D eigenvalue weighted by Crippen LogP contribution is 2.19. The van der Waals surface area contributed by atoms with E-state index in [1.807, 2.05) is 0 Å². The molecule has 17 heavy (non-hydrogen) atoms. The number of aryl methyl sites for hydroxylation is 1. The van der Waals surface area contributed by atoms with Crippen LogP contribution in [0.4, 0.5) is 4.39 Å². The molecule has 3 nitrogen and oxygen atoms in total. The monoisotopic (exact) mass is 236 g/mol. The third kappa shape index (κ3) is 2.42. The summed E-state index contributed by atoms with van der Waals surface area (Å²) in [6.45, 7) is 2.17. The van der Waals surface area contributed by atoms with Crippen LogP contribution in [-0.4, -0.2) is 24.8 Å². The largest absolute Gasteiger partial charge is 0.380 e. The summed E-state index contributed by atoms with van der Waals surface area (Å²) < 4.78 is 18.1. The van der Waals surface area contributed by atoms with Crippen LogP contribution in [0.5, 0.6) is 0 Å². The van der Waals surface area contributed by atoms with Crippen LogP contribution in [0.2, 0.25) is 0 Å². The van der Waals surface area contributed by atoms with Crippen molar-refractivity contribution in [3.8, 4) is 0 Å². The van der Waals surface area contributed by atoms with Gasteiger partial charge in [0.05, 0.1) is 13.2 Å². The molecule has 1 unspecified atom stereocenters. The molecule has 0 aromatic heterocycles. The van der Waals surface area contributed by atoms with E-state index in [0.717, 1.165) is 0 Å². The number of ether oxygens (including phenoxy) is 1. The lowest BCUT2D eigenvalue weighted by Crippen LogP contribution is -2.34. The Morgan fingerprint density at radius 2 is 2.24 bits per heavy atom. The molecule has 1 saturated heterocycles. The quantitative estimate of drug-likeness (QED) is 0.582. The Hall–Kier alpha value is -1.55. The van der Waals surface area contributed by atoms with E-state index < -0.39 is 5.92 Å². The van der Waals surface area contributed by atoms with Crippen molar-refractivity contribution >= 4 is 11.6 Å².